The summed E-state index contributed by atoms with van der Waals surface area (Å²) in [7, 11) is 0. The Morgan fingerprint density at radius 2 is 2.56 bits per heavy atom. The summed E-state index contributed by atoms with van der Waals surface area (Å²) in [6.45, 7) is 3.60. The topological polar surface area (TPSA) is 26.0 Å². The van der Waals surface area contributed by atoms with Crippen LogP contribution in [0.1, 0.15) is 11.6 Å². The molecule has 0 amide bonds. The van der Waals surface area contributed by atoms with E-state index in [1.165, 1.54) is 0 Å². The molecule has 1 atom stereocenters. The van der Waals surface area contributed by atoms with Crippen molar-refractivity contribution in [1.29, 1.82) is 0 Å². The molecule has 0 spiro atoms. The Labute approximate surface area is 58.8 Å². The zero-order valence-electron chi connectivity index (χ0n) is 5.08. The Morgan fingerprint density at radius 3 is 3.00 bits per heavy atom. The molecule has 1 aromatic heterocycles. The minimum atomic E-state index is 0.0104. The normalized spacial score (nSPS) is 13.0. The van der Waals surface area contributed by atoms with Crippen LogP contribution in [0.3, 0.4) is 0 Å². The molecule has 0 aromatic carbocycles. The molecule has 0 saturated carbocycles. The van der Waals surface area contributed by atoms with Crippen LogP contribution in [0.25, 0.3) is 0 Å². The standard InChI is InChI=1S/C7H9NS/c1-2-7(8)6-3-4-9-5-6/h2-5,7H,1,8H2/t7-/m0/s1. The molecule has 0 radical (unpaired) electrons. The average molecular weight is 139 g/mol. The zero-order chi connectivity index (χ0) is 6.69. The van der Waals surface area contributed by atoms with Crippen LogP contribution in [0.5, 0.6) is 0 Å². The molecule has 1 heterocycles. The summed E-state index contributed by atoms with van der Waals surface area (Å²) in [6, 6.07) is 2.02. The van der Waals surface area contributed by atoms with Crippen molar-refractivity contribution in [3.8, 4) is 0 Å². The highest BCUT2D eigenvalue weighted by molar-refractivity contribution is 7.07. The van der Waals surface area contributed by atoms with Crippen molar-refractivity contribution in [2.24, 2.45) is 5.73 Å². The van der Waals surface area contributed by atoms with Crippen molar-refractivity contribution in [3.05, 3.63) is 35.0 Å². The van der Waals surface area contributed by atoms with Gasteiger partial charge in [0.25, 0.3) is 0 Å². The van der Waals surface area contributed by atoms with E-state index in [0.717, 1.165) is 5.56 Å². The van der Waals surface area contributed by atoms with E-state index in [1.807, 2.05) is 16.8 Å². The third-order valence-electron chi connectivity index (χ3n) is 1.18. The molecule has 0 aliphatic rings. The average Bonchev–Trinajstić information content (AvgIpc) is 2.37. The number of nitrogens with two attached hydrogens (primary N) is 1. The van der Waals surface area contributed by atoms with Crippen molar-refractivity contribution >= 4 is 11.3 Å². The first-order valence-electron chi connectivity index (χ1n) is 2.75. The molecule has 0 bridgehead atoms. The Bertz CT molecular complexity index is 179. The SMILES string of the molecule is C=C[C@H](N)c1ccsc1. The molecule has 0 aliphatic heterocycles. The summed E-state index contributed by atoms with van der Waals surface area (Å²) in [5.74, 6) is 0. The molecule has 0 aliphatic carbocycles. The fourth-order valence-electron chi connectivity index (χ4n) is 0.601. The minimum absolute atomic E-state index is 0.0104. The lowest BCUT2D eigenvalue weighted by Crippen LogP contribution is -2.04. The van der Waals surface area contributed by atoms with Crippen LogP contribution in [-0.4, -0.2) is 0 Å². The monoisotopic (exact) mass is 139 g/mol. The van der Waals surface area contributed by atoms with Crippen molar-refractivity contribution < 1.29 is 0 Å². The Hall–Kier alpha value is -0.600. The zero-order valence-corrected chi connectivity index (χ0v) is 5.90. The molecular formula is C7H9NS. The van der Waals surface area contributed by atoms with E-state index in [1.54, 1.807) is 17.4 Å². The van der Waals surface area contributed by atoms with E-state index < -0.39 is 0 Å². The van der Waals surface area contributed by atoms with Gasteiger partial charge in [0.15, 0.2) is 0 Å². The van der Waals surface area contributed by atoms with Gasteiger partial charge in [-0.25, -0.2) is 0 Å². The molecule has 48 valence electrons. The molecule has 1 nitrogen and oxygen atoms in total. The molecular weight excluding hydrogens is 130 g/mol. The summed E-state index contributed by atoms with van der Waals surface area (Å²) >= 11 is 1.66. The maximum Gasteiger partial charge on any atom is 0.0486 e. The quantitative estimate of drug-likeness (QED) is 0.622. The van der Waals surface area contributed by atoms with Crippen LogP contribution in [0.2, 0.25) is 0 Å². The van der Waals surface area contributed by atoms with Gasteiger partial charge in [0, 0.05) is 6.04 Å². The number of hydrogen-bond donors (Lipinski definition) is 1. The fraction of sp³-hybridized carbons (Fsp3) is 0.143. The van der Waals surface area contributed by atoms with Crippen LogP contribution in [-0.2, 0) is 0 Å². The first-order valence-corrected chi connectivity index (χ1v) is 3.69. The van der Waals surface area contributed by atoms with E-state index in [2.05, 4.69) is 6.58 Å². The van der Waals surface area contributed by atoms with E-state index >= 15 is 0 Å². The smallest absolute Gasteiger partial charge is 0.0486 e. The summed E-state index contributed by atoms with van der Waals surface area (Å²) in [4.78, 5) is 0. The van der Waals surface area contributed by atoms with E-state index in [9.17, 15) is 0 Å². The van der Waals surface area contributed by atoms with Gasteiger partial charge in [0.2, 0.25) is 0 Å². The Balaban J connectivity index is 2.76. The van der Waals surface area contributed by atoms with Crippen LogP contribution in [0, 0.1) is 0 Å². The van der Waals surface area contributed by atoms with E-state index in [-0.39, 0.29) is 6.04 Å². The van der Waals surface area contributed by atoms with Gasteiger partial charge in [-0.3, -0.25) is 0 Å². The van der Waals surface area contributed by atoms with Crippen molar-refractivity contribution in [2.45, 2.75) is 6.04 Å². The van der Waals surface area contributed by atoms with Crippen LogP contribution in [0.15, 0.2) is 29.5 Å². The van der Waals surface area contributed by atoms with Gasteiger partial charge in [0.05, 0.1) is 0 Å². The molecule has 2 heteroatoms. The van der Waals surface area contributed by atoms with Gasteiger partial charge in [-0.05, 0) is 22.4 Å². The Morgan fingerprint density at radius 1 is 1.78 bits per heavy atom. The van der Waals surface area contributed by atoms with E-state index in [0.29, 0.717) is 0 Å². The largest absolute Gasteiger partial charge is 0.321 e. The van der Waals surface area contributed by atoms with Gasteiger partial charge < -0.3 is 5.73 Å². The van der Waals surface area contributed by atoms with Gasteiger partial charge in [-0.15, -0.1) is 6.58 Å². The van der Waals surface area contributed by atoms with Crippen molar-refractivity contribution in [2.75, 3.05) is 0 Å². The second-order valence-electron chi connectivity index (χ2n) is 1.82. The summed E-state index contributed by atoms with van der Waals surface area (Å²) in [5.41, 5.74) is 6.78. The lowest BCUT2D eigenvalue weighted by atomic mass is 10.2. The van der Waals surface area contributed by atoms with Crippen LogP contribution < -0.4 is 5.73 Å². The van der Waals surface area contributed by atoms with Gasteiger partial charge in [0.1, 0.15) is 0 Å². The van der Waals surface area contributed by atoms with Gasteiger partial charge >= 0.3 is 0 Å². The second kappa shape index (κ2) is 2.80. The minimum Gasteiger partial charge on any atom is -0.321 e. The molecule has 1 aromatic rings. The van der Waals surface area contributed by atoms with E-state index in [4.69, 9.17) is 5.73 Å². The molecule has 1 rings (SSSR count). The lowest BCUT2D eigenvalue weighted by Gasteiger charge is -1.99. The summed E-state index contributed by atoms with van der Waals surface area (Å²) < 4.78 is 0. The number of hydrogen-bond acceptors (Lipinski definition) is 2. The maximum atomic E-state index is 5.63. The maximum absolute atomic E-state index is 5.63. The highest BCUT2D eigenvalue weighted by atomic mass is 32.1. The Kier molecular flexibility index (Phi) is 2.03. The molecule has 9 heavy (non-hydrogen) atoms. The lowest BCUT2D eigenvalue weighted by molar-refractivity contribution is 0.921. The number of thiophene rings is 1. The predicted octanol–water partition coefficient (Wildman–Crippen LogP) is 1.93. The highest BCUT2D eigenvalue weighted by Crippen LogP contribution is 2.13. The molecule has 0 saturated heterocycles. The fourth-order valence-corrected chi connectivity index (χ4v) is 1.31. The highest BCUT2D eigenvalue weighted by Gasteiger charge is 1.98. The molecule has 0 unspecified atom stereocenters. The van der Waals surface area contributed by atoms with Crippen molar-refractivity contribution in [3.63, 3.8) is 0 Å². The first-order chi connectivity index (χ1) is 4.34. The summed E-state index contributed by atoms with van der Waals surface area (Å²) in [6.07, 6.45) is 1.74. The second-order valence-corrected chi connectivity index (χ2v) is 2.60. The van der Waals surface area contributed by atoms with Crippen LogP contribution >= 0.6 is 11.3 Å². The third-order valence-corrected chi connectivity index (χ3v) is 1.88. The van der Waals surface area contributed by atoms with Crippen LogP contribution in [0.4, 0.5) is 0 Å². The van der Waals surface area contributed by atoms with Gasteiger partial charge in [-0.2, -0.15) is 11.3 Å². The predicted molar refractivity (Wildman–Crippen MR) is 41.4 cm³/mol. The third kappa shape index (κ3) is 1.40. The molecule has 2 N–H and O–H groups in total. The number of rotatable bonds is 2. The first kappa shape index (κ1) is 6.52. The van der Waals surface area contributed by atoms with Crippen molar-refractivity contribution in [1.82, 2.24) is 0 Å². The molecule has 0 fully saturated rings. The van der Waals surface area contributed by atoms with Gasteiger partial charge in [-0.1, -0.05) is 6.08 Å². The summed E-state index contributed by atoms with van der Waals surface area (Å²) in [5, 5.41) is 4.05.